The van der Waals surface area contributed by atoms with E-state index in [2.05, 4.69) is 24.2 Å². The number of rotatable bonds is 7. The van der Waals surface area contributed by atoms with Gasteiger partial charge < -0.3 is 15.0 Å². The Morgan fingerprint density at radius 2 is 1.89 bits per heavy atom. The van der Waals surface area contributed by atoms with E-state index in [4.69, 9.17) is 4.74 Å². The zero-order valence-electron chi connectivity index (χ0n) is 12.7. The van der Waals surface area contributed by atoms with E-state index in [1.54, 1.807) is 0 Å². The lowest BCUT2D eigenvalue weighted by atomic mass is 9.79. The molecule has 3 fully saturated rings. The van der Waals surface area contributed by atoms with E-state index in [-0.39, 0.29) is 0 Å². The van der Waals surface area contributed by atoms with E-state index < -0.39 is 0 Å². The van der Waals surface area contributed by atoms with Crippen molar-refractivity contribution in [2.75, 3.05) is 33.4 Å². The molecular weight excluding hydrogens is 236 g/mol. The van der Waals surface area contributed by atoms with Crippen LogP contribution in [-0.2, 0) is 4.74 Å². The van der Waals surface area contributed by atoms with Gasteiger partial charge in [0.15, 0.2) is 0 Å². The Morgan fingerprint density at radius 1 is 1.21 bits per heavy atom. The SMILES string of the molecule is CC(C1CC1)N(C)CC1(CNC2CC2)CCOCC1. The predicted octanol–water partition coefficient (Wildman–Crippen LogP) is 2.27. The second kappa shape index (κ2) is 5.71. The van der Waals surface area contributed by atoms with Crippen molar-refractivity contribution >= 4 is 0 Å². The van der Waals surface area contributed by atoms with E-state index in [1.165, 1.54) is 51.6 Å². The van der Waals surface area contributed by atoms with Crippen molar-refractivity contribution in [3.8, 4) is 0 Å². The summed E-state index contributed by atoms with van der Waals surface area (Å²) in [5.41, 5.74) is 0.457. The first kappa shape index (κ1) is 13.8. The molecule has 1 saturated heterocycles. The molecule has 1 aliphatic heterocycles. The summed E-state index contributed by atoms with van der Waals surface area (Å²) in [7, 11) is 2.33. The van der Waals surface area contributed by atoms with Gasteiger partial charge in [0.25, 0.3) is 0 Å². The minimum absolute atomic E-state index is 0.457. The van der Waals surface area contributed by atoms with Crippen molar-refractivity contribution in [2.45, 2.75) is 57.5 Å². The van der Waals surface area contributed by atoms with Crippen molar-refractivity contribution in [1.82, 2.24) is 10.2 Å². The number of hydrogen-bond acceptors (Lipinski definition) is 3. The van der Waals surface area contributed by atoms with Gasteiger partial charge >= 0.3 is 0 Å². The van der Waals surface area contributed by atoms with Crippen LogP contribution in [0, 0.1) is 11.3 Å². The Kier molecular flexibility index (Phi) is 4.16. The van der Waals surface area contributed by atoms with Gasteiger partial charge in [0.05, 0.1) is 0 Å². The molecule has 0 bridgehead atoms. The maximum Gasteiger partial charge on any atom is 0.0472 e. The summed E-state index contributed by atoms with van der Waals surface area (Å²) < 4.78 is 5.60. The van der Waals surface area contributed by atoms with Gasteiger partial charge in [0, 0.05) is 38.4 Å². The fraction of sp³-hybridized carbons (Fsp3) is 1.00. The Hall–Kier alpha value is -0.120. The second-order valence-corrected chi connectivity index (χ2v) is 7.26. The Labute approximate surface area is 118 Å². The van der Waals surface area contributed by atoms with Crippen LogP contribution in [0.25, 0.3) is 0 Å². The van der Waals surface area contributed by atoms with Gasteiger partial charge in [-0.1, -0.05) is 0 Å². The largest absolute Gasteiger partial charge is 0.381 e. The molecule has 2 saturated carbocycles. The lowest BCUT2D eigenvalue weighted by Crippen LogP contribution is -2.49. The van der Waals surface area contributed by atoms with Crippen LogP contribution in [0.5, 0.6) is 0 Å². The highest BCUT2D eigenvalue weighted by Gasteiger charge is 2.38. The molecule has 3 rings (SSSR count). The topological polar surface area (TPSA) is 24.5 Å². The fourth-order valence-electron chi connectivity index (χ4n) is 3.46. The number of nitrogens with one attached hydrogen (secondary N) is 1. The third-order valence-corrected chi connectivity index (χ3v) is 5.48. The van der Waals surface area contributed by atoms with Gasteiger partial charge in [-0.15, -0.1) is 0 Å². The lowest BCUT2D eigenvalue weighted by molar-refractivity contribution is -0.00714. The number of nitrogens with zero attached hydrogens (tertiary/aromatic N) is 1. The summed E-state index contributed by atoms with van der Waals surface area (Å²) in [5, 5.41) is 3.77. The van der Waals surface area contributed by atoms with Gasteiger partial charge in [-0.2, -0.15) is 0 Å². The third-order valence-electron chi connectivity index (χ3n) is 5.48. The molecule has 1 atom stereocenters. The molecule has 1 unspecified atom stereocenters. The molecule has 0 radical (unpaired) electrons. The van der Waals surface area contributed by atoms with Crippen LogP contribution in [0.4, 0.5) is 0 Å². The molecule has 0 spiro atoms. The van der Waals surface area contributed by atoms with Crippen LogP contribution < -0.4 is 5.32 Å². The molecule has 3 heteroatoms. The average Bonchev–Trinajstić information content (AvgIpc) is 3.30. The first-order chi connectivity index (χ1) is 9.19. The van der Waals surface area contributed by atoms with Crippen LogP contribution in [0.15, 0.2) is 0 Å². The maximum absolute atomic E-state index is 5.60. The quantitative estimate of drug-likeness (QED) is 0.765. The van der Waals surface area contributed by atoms with Crippen molar-refractivity contribution in [3.05, 3.63) is 0 Å². The van der Waals surface area contributed by atoms with Gasteiger partial charge in [-0.3, -0.25) is 0 Å². The zero-order valence-corrected chi connectivity index (χ0v) is 12.7. The first-order valence-corrected chi connectivity index (χ1v) is 8.20. The molecule has 0 amide bonds. The summed E-state index contributed by atoms with van der Waals surface area (Å²) in [6, 6.07) is 1.59. The smallest absolute Gasteiger partial charge is 0.0472 e. The lowest BCUT2D eigenvalue weighted by Gasteiger charge is -2.42. The van der Waals surface area contributed by atoms with Crippen LogP contribution in [0.1, 0.15) is 45.4 Å². The van der Waals surface area contributed by atoms with Gasteiger partial charge in [0.1, 0.15) is 0 Å². The molecule has 1 N–H and O–H groups in total. The van der Waals surface area contributed by atoms with Gasteiger partial charge in [-0.05, 0) is 63.8 Å². The summed E-state index contributed by atoms with van der Waals surface area (Å²) in [4.78, 5) is 2.62. The Morgan fingerprint density at radius 3 is 2.47 bits per heavy atom. The highest BCUT2D eigenvalue weighted by Crippen LogP contribution is 2.38. The Balaban J connectivity index is 1.56. The standard InChI is InChI=1S/C16H30N2O/c1-13(14-3-4-14)18(2)12-16(7-9-19-10-8-16)11-17-15-5-6-15/h13-15,17H,3-12H2,1-2H3. The molecule has 110 valence electrons. The first-order valence-electron chi connectivity index (χ1n) is 8.20. The molecule has 3 nitrogen and oxygen atoms in total. The van der Waals surface area contributed by atoms with Crippen molar-refractivity contribution in [1.29, 1.82) is 0 Å². The third kappa shape index (κ3) is 3.71. The van der Waals surface area contributed by atoms with E-state index >= 15 is 0 Å². The average molecular weight is 266 g/mol. The predicted molar refractivity (Wildman–Crippen MR) is 78.3 cm³/mol. The molecular formula is C16H30N2O. The van der Waals surface area contributed by atoms with Crippen molar-refractivity contribution in [3.63, 3.8) is 0 Å². The van der Waals surface area contributed by atoms with Crippen molar-refractivity contribution < 1.29 is 4.74 Å². The zero-order chi connectivity index (χ0) is 13.3. The summed E-state index contributed by atoms with van der Waals surface area (Å²) >= 11 is 0. The van der Waals surface area contributed by atoms with E-state index in [0.717, 1.165) is 31.2 Å². The minimum Gasteiger partial charge on any atom is -0.381 e. The van der Waals surface area contributed by atoms with E-state index in [9.17, 15) is 0 Å². The molecule has 0 aromatic carbocycles. The fourth-order valence-corrected chi connectivity index (χ4v) is 3.46. The molecule has 0 aromatic heterocycles. The maximum atomic E-state index is 5.60. The molecule has 2 aliphatic carbocycles. The monoisotopic (exact) mass is 266 g/mol. The number of ether oxygens (including phenoxy) is 1. The van der Waals surface area contributed by atoms with Crippen LogP contribution in [0.2, 0.25) is 0 Å². The van der Waals surface area contributed by atoms with Crippen LogP contribution in [0.3, 0.4) is 0 Å². The minimum atomic E-state index is 0.457. The molecule has 3 aliphatic rings. The number of hydrogen-bond donors (Lipinski definition) is 1. The van der Waals surface area contributed by atoms with Gasteiger partial charge in [0.2, 0.25) is 0 Å². The van der Waals surface area contributed by atoms with Crippen LogP contribution >= 0.6 is 0 Å². The Bertz CT molecular complexity index is 293. The molecule has 19 heavy (non-hydrogen) atoms. The second-order valence-electron chi connectivity index (χ2n) is 7.26. The molecule has 1 heterocycles. The van der Waals surface area contributed by atoms with Crippen LogP contribution in [-0.4, -0.2) is 50.3 Å². The van der Waals surface area contributed by atoms with E-state index in [0.29, 0.717) is 5.41 Å². The van der Waals surface area contributed by atoms with Crippen molar-refractivity contribution in [2.24, 2.45) is 11.3 Å². The summed E-state index contributed by atoms with van der Waals surface area (Å²) in [5.74, 6) is 0.971. The van der Waals surface area contributed by atoms with Gasteiger partial charge in [-0.25, -0.2) is 0 Å². The summed E-state index contributed by atoms with van der Waals surface area (Å²) in [6.45, 7) is 6.77. The normalized spacial score (nSPS) is 28.6. The summed E-state index contributed by atoms with van der Waals surface area (Å²) in [6.07, 6.45) is 8.13. The highest BCUT2D eigenvalue weighted by atomic mass is 16.5. The molecule has 0 aromatic rings. The van der Waals surface area contributed by atoms with E-state index in [1.807, 2.05) is 0 Å². The highest BCUT2D eigenvalue weighted by molar-refractivity contribution is 4.93.